The summed E-state index contributed by atoms with van der Waals surface area (Å²) in [4.78, 5) is 28.3. The molecule has 1 heterocycles. The van der Waals surface area contributed by atoms with Crippen molar-refractivity contribution in [3.05, 3.63) is 35.9 Å². The Morgan fingerprint density at radius 1 is 1.21 bits per heavy atom. The zero-order chi connectivity index (χ0) is 17.4. The van der Waals surface area contributed by atoms with Gasteiger partial charge in [-0.1, -0.05) is 50.6 Å². The minimum absolute atomic E-state index is 0.0374. The van der Waals surface area contributed by atoms with E-state index >= 15 is 0 Å². The standard InChI is InChI=1S/C19H29N3O2/c1-3-5-12-21(11-4-2)19(24)20-17-13-18(23)22(15-17)14-16-9-7-6-8-10-16/h6-10,17H,3-5,11-15H2,1-2H3,(H,20,24). The van der Waals surface area contributed by atoms with Gasteiger partial charge in [-0.25, -0.2) is 4.79 Å². The Hall–Kier alpha value is -2.04. The van der Waals surface area contributed by atoms with Gasteiger partial charge in [-0.05, 0) is 18.4 Å². The molecule has 1 aromatic rings. The fraction of sp³-hybridized carbons (Fsp3) is 0.579. The lowest BCUT2D eigenvalue weighted by molar-refractivity contribution is -0.128. The van der Waals surface area contributed by atoms with Crippen LogP contribution in [0.3, 0.4) is 0 Å². The number of hydrogen-bond acceptors (Lipinski definition) is 2. The van der Waals surface area contributed by atoms with Crippen molar-refractivity contribution < 1.29 is 9.59 Å². The van der Waals surface area contributed by atoms with Crippen molar-refractivity contribution in [3.63, 3.8) is 0 Å². The molecule has 3 amide bonds. The molecule has 0 spiro atoms. The van der Waals surface area contributed by atoms with Gasteiger partial charge < -0.3 is 15.1 Å². The van der Waals surface area contributed by atoms with Crippen LogP contribution < -0.4 is 5.32 Å². The maximum absolute atomic E-state index is 12.5. The van der Waals surface area contributed by atoms with E-state index in [0.29, 0.717) is 19.5 Å². The van der Waals surface area contributed by atoms with Crippen LogP contribution in [0.4, 0.5) is 4.79 Å². The number of amides is 3. The molecule has 2 rings (SSSR count). The van der Waals surface area contributed by atoms with Crippen molar-refractivity contribution in [2.45, 2.75) is 52.1 Å². The highest BCUT2D eigenvalue weighted by Gasteiger charge is 2.31. The van der Waals surface area contributed by atoms with E-state index in [2.05, 4.69) is 19.2 Å². The summed E-state index contributed by atoms with van der Waals surface area (Å²) < 4.78 is 0. The van der Waals surface area contributed by atoms with Gasteiger partial charge in [-0.2, -0.15) is 0 Å². The fourth-order valence-corrected chi connectivity index (χ4v) is 3.03. The molecule has 1 aromatic carbocycles. The summed E-state index contributed by atoms with van der Waals surface area (Å²) in [6, 6.07) is 9.84. The van der Waals surface area contributed by atoms with Crippen LogP contribution in [0.2, 0.25) is 0 Å². The molecule has 132 valence electrons. The number of nitrogens with zero attached hydrogens (tertiary/aromatic N) is 2. The highest BCUT2D eigenvalue weighted by molar-refractivity contribution is 5.81. The van der Waals surface area contributed by atoms with Gasteiger partial charge in [-0.3, -0.25) is 4.79 Å². The molecule has 1 unspecified atom stereocenters. The van der Waals surface area contributed by atoms with Crippen LogP contribution in [-0.2, 0) is 11.3 Å². The van der Waals surface area contributed by atoms with Crippen LogP contribution in [-0.4, -0.2) is 47.4 Å². The fourth-order valence-electron chi connectivity index (χ4n) is 3.03. The van der Waals surface area contributed by atoms with Crippen LogP contribution in [0.15, 0.2) is 30.3 Å². The smallest absolute Gasteiger partial charge is 0.317 e. The van der Waals surface area contributed by atoms with E-state index in [9.17, 15) is 9.59 Å². The average molecular weight is 331 g/mol. The number of unbranched alkanes of at least 4 members (excludes halogenated alkanes) is 1. The predicted octanol–water partition coefficient (Wildman–Crippen LogP) is 3.01. The normalized spacial score (nSPS) is 17.2. The second kappa shape index (κ2) is 9.30. The number of hydrogen-bond donors (Lipinski definition) is 1. The van der Waals surface area contributed by atoms with Crippen LogP contribution in [0.25, 0.3) is 0 Å². The van der Waals surface area contributed by atoms with Gasteiger partial charge in [0.25, 0.3) is 0 Å². The number of benzene rings is 1. The first kappa shape index (κ1) is 18.3. The van der Waals surface area contributed by atoms with Gasteiger partial charge in [0, 0.05) is 32.6 Å². The lowest BCUT2D eigenvalue weighted by Gasteiger charge is -2.24. The summed E-state index contributed by atoms with van der Waals surface area (Å²) in [6.45, 7) is 6.95. The highest BCUT2D eigenvalue weighted by atomic mass is 16.2. The number of carbonyl (C=O) groups excluding carboxylic acids is 2. The lowest BCUT2D eigenvalue weighted by Crippen LogP contribution is -2.46. The van der Waals surface area contributed by atoms with Crippen molar-refractivity contribution in [2.75, 3.05) is 19.6 Å². The first-order valence-electron chi connectivity index (χ1n) is 9.01. The zero-order valence-electron chi connectivity index (χ0n) is 14.8. The van der Waals surface area contributed by atoms with E-state index in [1.165, 1.54) is 0 Å². The van der Waals surface area contributed by atoms with Gasteiger partial charge in [0.05, 0.1) is 6.04 Å². The number of rotatable bonds is 8. The minimum Gasteiger partial charge on any atom is -0.336 e. The lowest BCUT2D eigenvalue weighted by atomic mass is 10.2. The number of nitrogens with one attached hydrogen (secondary N) is 1. The number of urea groups is 1. The van der Waals surface area contributed by atoms with Gasteiger partial charge in [0.2, 0.25) is 5.91 Å². The molecule has 1 N–H and O–H groups in total. The quantitative estimate of drug-likeness (QED) is 0.796. The third-order valence-corrected chi connectivity index (χ3v) is 4.32. The molecule has 0 radical (unpaired) electrons. The summed E-state index contributed by atoms with van der Waals surface area (Å²) in [5, 5.41) is 3.04. The summed E-state index contributed by atoms with van der Waals surface area (Å²) in [5.41, 5.74) is 1.12. The SMILES string of the molecule is CCCCN(CCC)C(=O)NC1CC(=O)N(Cc2ccccc2)C1. The zero-order valence-corrected chi connectivity index (χ0v) is 14.8. The van der Waals surface area contributed by atoms with Crippen LogP contribution in [0, 0.1) is 0 Å². The van der Waals surface area contributed by atoms with Gasteiger partial charge in [-0.15, -0.1) is 0 Å². The Morgan fingerprint density at radius 3 is 2.62 bits per heavy atom. The highest BCUT2D eigenvalue weighted by Crippen LogP contribution is 2.15. The maximum atomic E-state index is 12.5. The summed E-state index contributed by atoms with van der Waals surface area (Å²) >= 11 is 0. The molecule has 5 heteroatoms. The second-order valence-electron chi connectivity index (χ2n) is 6.45. The minimum atomic E-state index is -0.0882. The molecule has 0 bridgehead atoms. The predicted molar refractivity (Wildman–Crippen MR) is 95.6 cm³/mol. The van der Waals surface area contributed by atoms with E-state index in [1.807, 2.05) is 40.1 Å². The van der Waals surface area contributed by atoms with E-state index in [4.69, 9.17) is 0 Å². The summed E-state index contributed by atoms with van der Waals surface area (Å²) in [6.07, 6.45) is 3.42. The Bertz CT molecular complexity index is 533. The maximum Gasteiger partial charge on any atom is 0.317 e. The van der Waals surface area contributed by atoms with Gasteiger partial charge in [0.1, 0.15) is 0 Å². The van der Waals surface area contributed by atoms with E-state index in [1.54, 1.807) is 0 Å². The first-order chi connectivity index (χ1) is 11.6. The largest absolute Gasteiger partial charge is 0.336 e. The van der Waals surface area contributed by atoms with Crippen LogP contribution >= 0.6 is 0 Å². The third-order valence-electron chi connectivity index (χ3n) is 4.32. The molecule has 1 aliphatic heterocycles. The molecule has 0 aliphatic carbocycles. The molecular formula is C19H29N3O2. The molecule has 1 saturated heterocycles. The summed E-state index contributed by atoms with van der Waals surface area (Å²) in [7, 11) is 0. The molecular weight excluding hydrogens is 302 g/mol. The van der Waals surface area contributed by atoms with E-state index < -0.39 is 0 Å². The average Bonchev–Trinajstić information content (AvgIpc) is 2.91. The van der Waals surface area contributed by atoms with Crippen LogP contribution in [0.1, 0.15) is 45.1 Å². The van der Waals surface area contributed by atoms with Crippen molar-refractivity contribution in [1.82, 2.24) is 15.1 Å². The number of likely N-dealkylation sites (tertiary alicyclic amines) is 1. The molecule has 1 aliphatic rings. The molecule has 1 atom stereocenters. The van der Waals surface area contributed by atoms with Gasteiger partial charge in [0.15, 0.2) is 0 Å². The second-order valence-corrected chi connectivity index (χ2v) is 6.45. The van der Waals surface area contributed by atoms with Crippen LogP contribution in [0.5, 0.6) is 0 Å². The van der Waals surface area contributed by atoms with Crippen molar-refractivity contribution in [3.8, 4) is 0 Å². The molecule has 5 nitrogen and oxygen atoms in total. The Kier molecular flexibility index (Phi) is 7.09. The topological polar surface area (TPSA) is 52.7 Å². The monoisotopic (exact) mass is 331 g/mol. The number of carbonyl (C=O) groups is 2. The summed E-state index contributed by atoms with van der Waals surface area (Å²) in [5.74, 6) is 0.111. The molecule has 0 aromatic heterocycles. The Balaban J connectivity index is 1.86. The van der Waals surface area contributed by atoms with Gasteiger partial charge >= 0.3 is 6.03 Å². The van der Waals surface area contributed by atoms with E-state index in [-0.39, 0.29) is 18.0 Å². The van der Waals surface area contributed by atoms with Crippen molar-refractivity contribution in [1.29, 1.82) is 0 Å². The first-order valence-corrected chi connectivity index (χ1v) is 9.01. The Labute approximate surface area is 145 Å². The molecule has 0 saturated carbocycles. The third kappa shape index (κ3) is 5.25. The molecule has 24 heavy (non-hydrogen) atoms. The van der Waals surface area contributed by atoms with Crippen molar-refractivity contribution in [2.24, 2.45) is 0 Å². The Morgan fingerprint density at radius 2 is 1.96 bits per heavy atom. The van der Waals surface area contributed by atoms with Crippen molar-refractivity contribution >= 4 is 11.9 Å². The molecule has 1 fully saturated rings. The van der Waals surface area contributed by atoms with E-state index in [0.717, 1.165) is 37.9 Å².